The smallest absolute Gasteiger partial charge is 0.240 e. The van der Waals surface area contributed by atoms with Gasteiger partial charge in [0.2, 0.25) is 10.0 Å². The molecule has 0 saturated heterocycles. The largest absolute Gasteiger partial charge is 0.257 e. The quantitative estimate of drug-likeness (QED) is 0.914. The van der Waals surface area contributed by atoms with E-state index >= 15 is 0 Å². The topological polar surface area (TPSA) is 82.9 Å². The van der Waals surface area contributed by atoms with E-state index in [0.29, 0.717) is 5.69 Å². The van der Waals surface area contributed by atoms with E-state index < -0.39 is 10.0 Å². The van der Waals surface area contributed by atoms with E-state index in [9.17, 15) is 8.42 Å². The van der Waals surface area contributed by atoms with Gasteiger partial charge in [-0.1, -0.05) is 18.2 Å². The summed E-state index contributed by atoms with van der Waals surface area (Å²) >= 11 is 0. The summed E-state index contributed by atoms with van der Waals surface area (Å²) < 4.78 is 26.8. The normalized spacial score (nSPS) is 11.0. The zero-order valence-corrected chi connectivity index (χ0v) is 12.4. The lowest BCUT2D eigenvalue weighted by Gasteiger charge is -2.07. The number of nitriles is 1. The van der Waals surface area contributed by atoms with E-state index in [1.165, 1.54) is 12.1 Å². The van der Waals surface area contributed by atoms with Crippen LogP contribution in [0.3, 0.4) is 0 Å². The molecule has 21 heavy (non-hydrogen) atoms. The molecule has 0 aliphatic heterocycles. The molecule has 1 aromatic heterocycles. The van der Waals surface area contributed by atoms with E-state index in [1.807, 2.05) is 25.1 Å². The molecular formula is C15H15N3O2S. The fourth-order valence-electron chi connectivity index (χ4n) is 1.83. The van der Waals surface area contributed by atoms with Crippen molar-refractivity contribution in [1.29, 1.82) is 5.26 Å². The van der Waals surface area contributed by atoms with Gasteiger partial charge in [-0.15, -0.1) is 0 Å². The second kappa shape index (κ2) is 6.48. The molecule has 1 aromatic carbocycles. The van der Waals surface area contributed by atoms with Gasteiger partial charge in [0, 0.05) is 5.69 Å². The minimum absolute atomic E-state index is 0.143. The van der Waals surface area contributed by atoms with Gasteiger partial charge >= 0.3 is 0 Å². The van der Waals surface area contributed by atoms with Crippen molar-refractivity contribution in [2.75, 3.05) is 0 Å². The number of nitrogens with zero attached hydrogens (tertiary/aromatic N) is 2. The summed E-state index contributed by atoms with van der Waals surface area (Å²) in [5.74, 6) is 0. The van der Waals surface area contributed by atoms with Crippen LogP contribution in [0.15, 0.2) is 47.4 Å². The molecule has 0 amide bonds. The molecule has 0 aliphatic rings. The molecule has 0 radical (unpaired) electrons. The summed E-state index contributed by atoms with van der Waals surface area (Å²) in [7, 11) is -3.58. The van der Waals surface area contributed by atoms with Crippen molar-refractivity contribution in [2.24, 2.45) is 0 Å². The van der Waals surface area contributed by atoms with E-state index in [2.05, 4.69) is 9.71 Å². The second-order valence-corrected chi connectivity index (χ2v) is 6.34. The number of sulfonamides is 1. The van der Waals surface area contributed by atoms with Gasteiger partial charge in [0.25, 0.3) is 0 Å². The minimum atomic E-state index is -3.58. The summed E-state index contributed by atoms with van der Waals surface area (Å²) in [4.78, 5) is 4.42. The SMILES string of the molecule is Cc1cccc(CNS(=O)(=O)c2ccc(CC#N)cc2)n1. The lowest BCUT2D eigenvalue weighted by Crippen LogP contribution is -2.23. The third-order valence-corrected chi connectivity index (χ3v) is 4.32. The average Bonchev–Trinajstić information content (AvgIpc) is 2.46. The molecule has 0 unspecified atom stereocenters. The molecule has 6 heteroatoms. The van der Waals surface area contributed by atoms with Crippen LogP contribution in [-0.2, 0) is 23.0 Å². The number of aromatic nitrogens is 1. The highest BCUT2D eigenvalue weighted by Crippen LogP contribution is 2.11. The Bertz CT molecular complexity index is 762. The number of hydrogen-bond acceptors (Lipinski definition) is 4. The van der Waals surface area contributed by atoms with Crippen LogP contribution in [0.5, 0.6) is 0 Å². The van der Waals surface area contributed by atoms with Crippen molar-refractivity contribution >= 4 is 10.0 Å². The number of nitrogens with one attached hydrogen (secondary N) is 1. The molecule has 0 fully saturated rings. The third-order valence-electron chi connectivity index (χ3n) is 2.91. The lowest BCUT2D eigenvalue weighted by atomic mass is 10.2. The van der Waals surface area contributed by atoms with Crippen LogP contribution in [0.25, 0.3) is 0 Å². The van der Waals surface area contributed by atoms with Crippen molar-refractivity contribution in [3.63, 3.8) is 0 Å². The fraction of sp³-hybridized carbons (Fsp3) is 0.200. The summed E-state index contributed by atoms with van der Waals surface area (Å²) in [5, 5.41) is 8.59. The highest BCUT2D eigenvalue weighted by Gasteiger charge is 2.13. The highest BCUT2D eigenvalue weighted by molar-refractivity contribution is 7.89. The van der Waals surface area contributed by atoms with Crippen LogP contribution in [0.2, 0.25) is 0 Å². The molecule has 2 rings (SSSR count). The van der Waals surface area contributed by atoms with Gasteiger partial charge in [0.05, 0.1) is 29.6 Å². The molecule has 0 aliphatic carbocycles. The number of benzene rings is 1. The molecule has 108 valence electrons. The van der Waals surface area contributed by atoms with Crippen LogP contribution >= 0.6 is 0 Å². The Morgan fingerprint density at radius 3 is 2.52 bits per heavy atom. The molecule has 2 aromatic rings. The summed E-state index contributed by atoms with van der Waals surface area (Å²) in [6.07, 6.45) is 0.265. The first-order chi connectivity index (χ1) is 10.0. The number of aryl methyl sites for hydroxylation is 1. The van der Waals surface area contributed by atoms with Crippen LogP contribution < -0.4 is 4.72 Å². The summed E-state index contributed by atoms with van der Waals surface area (Å²) in [6.45, 7) is 2.00. The Morgan fingerprint density at radius 1 is 1.19 bits per heavy atom. The first kappa shape index (κ1) is 15.2. The molecule has 1 heterocycles. The van der Waals surface area contributed by atoms with Crippen LogP contribution in [0.4, 0.5) is 0 Å². The molecule has 0 spiro atoms. The Morgan fingerprint density at radius 2 is 1.90 bits per heavy atom. The minimum Gasteiger partial charge on any atom is -0.257 e. The average molecular weight is 301 g/mol. The van der Waals surface area contributed by atoms with E-state index in [1.54, 1.807) is 18.2 Å². The van der Waals surface area contributed by atoms with Gasteiger partial charge in [0.15, 0.2) is 0 Å². The summed E-state index contributed by atoms with van der Waals surface area (Å²) in [6, 6.07) is 13.8. The maximum absolute atomic E-state index is 12.2. The van der Waals surface area contributed by atoms with Crippen molar-refractivity contribution in [1.82, 2.24) is 9.71 Å². The number of rotatable bonds is 5. The van der Waals surface area contributed by atoms with Crippen molar-refractivity contribution < 1.29 is 8.42 Å². The van der Waals surface area contributed by atoms with E-state index in [4.69, 9.17) is 5.26 Å². The number of hydrogen-bond donors (Lipinski definition) is 1. The summed E-state index contributed by atoms with van der Waals surface area (Å²) in [5.41, 5.74) is 2.30. The Labute approximate surface area is 124 Å². The first-order valence-electron chi connectivity index (χ1n) is 6.39. The van der Waals surface area contributed by atoms with Gasteiger partial charge in [-0.25, -0.2) is 13.1 Å². The fourth-order valence-corrected chi connectivity index (χ4v) is 2.83. The van der Waals surface area contributed by atoms with Crippen molar-refractivity contribution in [3.05, 3.63) is 59.4 Å². The van der Waals surface area contributed by atoms with Gasteiger partial charge in [0.1, 0.15) is 0 Å². The molecular weight excluding hydrogens is 286 g/mol. The molecule has 0 saturated carbocycles. The maximum Gasteiger partial charge on any atom is 0.240 e. The zero-order chi connectivity index (χ0) is 15.3. The van der Waals surface area contributed by atoms with Crippen LogP contribution in [0, 0.1) is 18.3 Å². The van der Waals surface area contributed by atoms with Crippen molar-refractivity contribution in [2.45, 2.75) is 24.8 Å². The van der Waals surface area contributed by atoms with Gasteiger partial charge in [-0.05, 0) is 36.8 Å². The Balaban J connectivity index is 2.09. The third kappa shape index (κ3) is 4.12. The standard InChI is InChI=1S/C15H15N3O2S/c1-12-3-2-4-14(18-12)11-17-21(19,20)15-7-5-13(6-8-15)9-10-16/h2-8,17H,9,11H2,1H3. The van der Waals surface area contributed by atoms with Crippen LogP contribution in [-0.4, -0.2) is 13.4 Å². The predicted molar refractivity (Wildman–Crippen MR) is 78.8 cm³/mol. The molecule has 5 nitrogen and oxygen atoms in total. The first-order valence-corrected chi connectivity index (χ1v) is 7.88. The monoisotopic (exact) mass is 301 g/mol. The zero-order valence-electron chi connectivity index (χ0n) is 11.6. The Hall–Kier alpha value is -2.23. The van der Waals surface area contributed by atoms with Crippen LogP contribution in [0.1, 0.15) is 17.0 Å². The Kier molecular flexibility index (Phi) is 4.68. The lowest BCUT2D eigenvalue weighted by molar-refractivity contribution is 0.580. The second-order valence-electron chi connectivity index (χ2n) is 4.57. The molecule has 0 bridgehead atoms. The van der Waals surface area contributed by atoms with Gasteiger partial charge < -0.3 is 0 Å². The van der Waals surface area contributed by atoms with Gasteiger partial charge in [-0.3, -0.25) is 4.98 Å². The van der Waals surface area contributed by atoms with E-state index in [-0.39, 0.29) is 17.9 Å². The maximum atomic E-state index is 12.2. The van der Waals surface area contributed by atoms with E-state index in [0.717, 1.165) is 11.3 Å². The molecule has 0 atom stereocenters. The highest BCUT2D eigenvalue weighted by atomic mass is 32.2. The predicted octanol–water partition coefficient (Wildman–Crippen LogP) is 1.93. The number of pyridine rings is 1. The molecule has 1 N–H and O–H groups in total. The van der Waals surface area contributed by atoms with Crippen molar-refractivity contribution in [3.8, 4) is 6.07 Å². The van der Waals surface area contributed by atoms with Gasteiger partial charge in [-0.2, -0.15) is 5.26 Å².